The molecule has 0 aliphatic carbocycles. The van der Waals surface area contributed by atoms with E-state index in [0.717, 1.165) is 33.9 Å². The molecule has 1 heterocycles. The lowest BCUT2D eigenvalue weighted by atomic mass is 10.1. The van der Waals surface area contributed by atoms with Gasteiger partial charge in [-0.25, -0.2) is 0 Å². The van der Waals surface area contributed by atoms with Gasteiger partial charge in [-0.1, -0.05) is 42.5 Å². The normalized spacial score (nSPS) is 11.2. The van der Waals surface area contributed by atoms with E-state index in [-0.39, 0.29) is 0 Å². The number of hydrogen-bond donors (Lipinski definition) is 1. The molecule has 1 amide bonds. The molecule has 4 rings (SSSR count). The standard InChI is InChI=1S/C21H17N2O/c1-14-10-11-16-19(12-14)23(13-15-6-3-2-4-7-15)18-9-5-8-17(20(16)18)21(22)24/h2-10,12H,13H2,1H3,(H2,22,24). The van der Waals surface area contributed by atoms with Gasteiger partial charge in [0.1, 0.15) is 0 Å². The maximum absolute atomic E-state index is 11.9. The fourth-order valence-corrected chi connectivity index (χ4v) is 3.30. The third-order valence-corrected chi connectivity index (χ3v) is 4.39. The number of aromatic nitrogens is 1. The average Bonchev–Trinajstić information content (AvgIpc) is 2.89. The fourth-order valence-electron chi connectivity index (χ4n) is 3.30. The zero-order valence-electron chi connectivity index (χ0n) is 13.4. The molecule has 0 aliphatic heterocycles. The van der Waals surface area contributed by atoms with E-state index < -0.39 is 5.91 Å². The van der Waals surface area contributed by atoms with E-state index in [1.165, 1.54) is 5.56 Å². The Morgan fingerprint density at radius 2 is 1.88 bits per heavy atom. The summed E-state index contributed by atoms with van der Waals surface area (Å²) in [5.74, 6) is -0.409. The van der Waals surface area contributed by atoms with E-state index in [1.807, 2.05) is 36.4 Å². The number of aryl methyl sites for hydroxylation is 1. The van der Waals surface area contributed by atoms with Crippen molar-refractivity contribution >= 4 is 27.7 Å². The van der Waals surface area contributed by atoms with E-state index in [1.54, 1.807) is 6.07 Å². The van der Waals surface area contributed by atoms with Gasteiger partial charge in [-0.3, -0.25) is 4.79 Å². The first kappa shape index (κ1) is 14.5. The summed E-state index contributed by atoms with van der Waals surface area (Å²) in [6.07, 6.45) is 0. The molecule has 1 radical (unpaired) electrons. The van der Waals surface area contributed by atoms with Gasteiger partial charge in [0, 0.05) is 22.9 Å². The molecule has 0 aliphatic rings. The van der Waals surface area contributed by atoms with E-state index in [9.17, 15) is 4.79 Å². The van der Waals surface area contributed by atoms with E-state index in [0.29, 0.717) is 5.56 Å². The van der Waals surface area contributed by atoms with Crippen molar-refractivity contribution in [3.05, 3.63) is 83.4 Å². The highest BCUT2D eigenvalue weighted by Gasteiger charge is 2.16. The quantitative estimate of drug-likeness (QED) is 0.609. The molecule has 0 bridgehead atoms. The van der Waals surface area contributed by atoms with E-state index >= 15 is 0 Å². The molecule has 3 aromatic carbocycles. The summed E-state index contributed by atoms with van der Waals surface area (Å²) in [6.45, 7) is 2.79. The summed E-state index contributed by atoms with van der Waals surface area (Å²) in [5, 5.41) is 1.83. The molecule has 3 nitrogen and oxygen atoms in total. The van der Waals surface area contributed by atoms with Crippen LogP contribution in [-0.2, 0) is 6.54 Å². The highest BCUT2D eigenvalue weighted by molar-refractivity contribution is 6.17. The maximum Gasteiger partial charge on any atom is 0.249 e. The first-order valence-corrected chi connectivity index (χ1v) is 7.92. The molecule has 117 valence electrons. The van der Waals surface area contributed by atoms with Gasteiger partial charge in [-0.15, -0.1) is 0 Å². The van der Waals surface area contributed by atoms with Crippen LogP contribution in [0.1, 0.15) is 21.5 Å². The van der Waals surface area contributed by atoms with Gasteiger partial charge in [0.05, 0.1) is 11.0 Å². The predicted octanol–water partition coefficient (Wildman–Crippen LogP) is 4.05. The van der Waals surface area contributed by atoms with Crippen LogP contribution < -0.4 is 5.73 Å². The van der Waals surface area contributed by atoms with Crippen molar-refractivity contribution < 1.29 is 4.79 Å². The third kappa shape index (κ3) is 2.26. The van der Waals surface area contributed by atoms with Gasteiger partial charge < -0.3 is 10.3 Å². The Kier molecular flexibility index (Phi) is 3.35. The van der Waals surface area contributed by atoms with Crippen LogP contribution in [0.2, 0.25) is 0 Å². The molecule has 0 fully saturated rings. The zero-order valence-corrected chi connectivity index (χ0v) is 13.4. The second kappa shape index (κ2) is 5.53. The minimum absolute atomic E-state index is 0.409. The second-order valence-electron chi connectivity index (χ2n) is 6.07. The Balaban J connectivity index is 2.08. The van der Waals surface area contributed by atoms with Crippen molar-refractivity contribution in [2.45, 2.75) is 13.5 Å². The van der Waals surface area contributed by atoms with Crippen molar-refractivity contribution in [2.75, 3.05) is 0 Å². The topological polar surface area (TPSA) is 48.0 Å². The lowest BCUT2D eigenvalue weighted by Gasteiger charge is -2.08. The Labute approximate surface area is 140 Å². The lowest BCUT2D eigenvalue weighted by Crippen LogP contribution is -2.11. The van der Waals surface area contributed by atoms with Crippen molar-refractivity contribution in [3.8, 4) is 0 Å². The molecular weight excluding hydrogens is 296 g/mol. The summed E-state index contributed by atoms with van der Waals surface area (Å²) >= 11 is 0. The highest BCUT2D eigenvalue weighted by atomic mass is 16.1. The summed E-state index contributed by atoms with van der Waals surface area (Å²) in [7, 11) is 0. The molecule has 2 N–H and O–H groups in total. The highest BCUT2D eigenvalue weighted by Crippen LogP contribution is 2.32. The zero-order chi connectivity index (χ0) is 16.7. The van der Waals surface area contributed by atoms with Gasteiger partial charge in [0.2, 0.25) is 5.91 Å². The number of amides is 1. The number of primary amides is 1. The number of fused-ring (bicyclic) bond motifs is 3. The third-order valence-electron chi connectivity index (χ3n) is 4.39. The lowest BCUT2D eigenvalue weighted by molar-refractivity contribution is 0.100. The van der Waals surface area contributed by atoms with E-state index in [4.69, 9.17) is 5.73 Å². The number of hydrogen-bond acceptors (Lipinski definition) is 1. The summed E-state index contributed by atoms with van der Waals surface area (Å²) < 4.78 is 2.23. The van der Waals surface area contributed by atoms with Crippen molar-refractivity contribution in [3.63, 3.8) is 0 Å². The second-order valence-corrected chi connectivity index (χ2v) is 6.07. The van der Waals surface area contributed by atoms with Gasteiger partial charge in [0.15, 0.2) is 0 Å². The average molecular weight is 313 g/mol. The van der Waals surface area contributed by atoms with Gasteiger partial charge in [0.25, 0.3) is 0 Å². The fraction of sp³-hybridized carbons (Fsp3) is 0.0952. The Hall–Kier alpha value is -3.07. The predicted molar refractivity (Wildman–Crippen MR) is 97.1 cm³/mol. The van der Waals surface area contributed by atoms with Crippen LogP contribution in [0.25, 0.3) is 21.8 Å². The number of nitrogens with two attached hydrogens (primary N) is 1. The molecule has 4 aromatic rings. The first-order valence-electron chi connectivity index (χ1n) is 7.92. The Morgan fingerprint density at radius 1 is 1.08 bits per heavy atom. The number of carbonyl (C=O) groups excluding carboxylic acids is 1. The molecule has 24 heavy (non-hydrogen) atoms. The van der Waals surface area contributed by atoms with Gasteiger partial charge >= 0.3 is 0 Å². The smallest absolute Gasteiger partial charge is 0.249 e. The summed E-state index contributed by atoms with van der Waals surface area (Å²) in [6, 6.07) is 23.4. The minimum Gasteiger partial charge on any atom is -0.366 e. The largest absolute Gasteiger partial charge is 0.366 e. The van der Waals surface area contributed by atoms with Crippen LogP contribution in [0.4, 0.5) is 0 Å². The van der Waals surface area contributed by atoms with Crippen LogP contribution in [0, 0.1) is 13.0 Å². The van der Waals surface area contributed by atoms with Crippen LogP contribution in [0.3, 0.4) is 0 Å². The Bertz CT molecular complexity index is 1060. The van der Waals surface area contributed by atoms with Crippen LogP contribution in [0.15, 0.2) is 60.7 Å². The molecule has 0 spiro atoms. The van der Waals surface area contributed by atoms with Gasteiger partial charge in [-0.2, -0.15) is 0 Å². The molecule has 3 heteroatoms. The Morgan fingerprint density at radius 3 is 2.62 bits per heavy atom. The summed E-state index contributed by atoms with van der Waals surface area (Å²) in [5.41, 5.74) is 10.6. The van der Waals surface area contributed by atoms with Crippen LogP contribution in [0.5, 0.6) is 0 Å². The molecule has 1 aromatic heterocycles. The molecule has 0 unspecified atom stereocenters. The monoisotopic (exact) mass is 313 g/mol. The maximum atomic E-state index is 11.9. The SMILES string of the molecule is Cc1c[c]c2c3c(C(N)=O)cccc3n(Cc3ccccc3)c2c1. The number of benzene rings is 3. The first-order chi connectivity index (χ1) is 11.6. The molecular formula is C21H17N2O. The van der Waals surface area contributed by atoms with Crippen molar-refractivity contribution in [1.82, 2.24) is 4.57 Å². The minimum atomic E-state index is -0.409. The van der Waals surface area contributed by atoms with Crippen LogP contribution >= 0.6 is 0 Å². The molecule has 0 atom stereocenters. The van der Waals surface area contributed by atoms with E-state index in [2.05, 4.69) is 35.8 Å². The molecule has 0 saturated carbocycles. The number of rotatable bonds is 3. The number of carbonyl (C=O) groups is 1. The number of nitrogens with zero attached hydrogens (tertiary/aromatic N) is 1. The van der Waals surface area contributed by atoms with Gasteiger partial charge in [-0.05, 0) is 42.3 Å². The molecule has 0 saturated heterocycles. The summed E-state index contributed by atoms with van der Waals surface area (Å²) in [4.78, 5) is 11.9. The van der Waals surface area contributed by atoms with Crippen molar-refractivity contribution in [2.24, 2.45) is 5.73 Å². The van der Waals surface area contributed by atoms with Crippen molar-refractivity contribution in [1.29, 1.82) is 0 Å². The van der Waals surface area contributed by atoms with Crippen LogP contribution in [-0.4, -0.2) is 10.5 Å².